The fourth-order valence-electron chi connectivity index (χ4n) is 2.31. The smallest absolute Gasteiger partial charge is 0.324 e. The van der Waals surface area contributed by atoms with Gasteiger partial charge in [0, 0.05) is 4.88 Å². The summed E-state index contributed by atoms with van der Waals surface area (Å²) in [5, 5.41) is 2.04. The molecular weight excluding hydrogens is 312 g/mol. The topological polar surface area (TPSA) is 52.6 Å². The minimum atomic E-state index is -1.03. The van der Waals surface area contributed by atoms with Crippen molar-refractivity contribution >= 4 is 23.3 Å². The zero-order valence-electron chi connectivity index (χ0n) is 13.5. The molecule has 0 N–H and O–H groups in total. The number of carbonyl (C=O) groups is 2. The van der Waals surface area contributed by atoms with Gasteiger partial charge in [-0.25, -0.2) is 0 Å². The molecule has 122 valence electrons. The van der Waals surface area contributed by atoms with Gasteiger partial charge >= 0.3 is 11.9 Å². The van der Waals surface area contributed by atoms with E-state index in [0.29, 0.717) is 5.56 Å². The number of hydrogen-bond donors (Lipinski definition) is 0. The first-order valence-corrected chi connectivity index (χ1v) is 8.44. The number of hydrogen-bond acceptors (Lipinski definition) is 5. The number of benzene rings is 1. The van der Waals surface area contributed by atoms with Crippen molar-refractivity contribution in [2.75, 3.05) is 13.2 Å². The number of aryl methyl sites for hydroxylation is 1. The van der Waals surface area contributed by atoms with Gasteiger partial charge in [0.1, 0.15) is 0 Å². The average molecular weight is 332 g/mol. The molecule has 5 heteroatoms. The quantitative estimate of drug-likeness (QED) is 0.594. The summed E-state index contributed by atoms with van der Waals surface area (Å²) in [6.07, 6.45) is 0. The van der Waals surface area contributed by atoms with Crippen LogP contribution >= 0.6 is 11.3 Å². The maximum absolute atomic E-state index is 12.1. The van der Waals surface area contributed by atoms with Gasteiger partial charge in [0.15, 0.2) is 5.92 Å². The summed E-state index contributed by atoms with van der Waals surface area (Å²) in [6.45, 7) is 5.92. The number of thiophene rings is 1. The van der Waals surface area contributed by atoms with Gasteiger partial charge in [0.25, 0.3) is 0 Å². The molecule has 0 amide bonds. The van der Waals surface area contributed by atoms with E-state index in [1.54, 1.807) is 37.3 Å². The molecule has 0 aliphatic rings. The highest BCUT2D eigenvalue weighted by molar-refractivity contribution is 7.13. The van der Waals surface area contributed by atoms with E-state index in [9.17, 15) is 9.59 Å². The summed E-state index contributed by atoms with van der Waals surface area (Å²) in [4.78, 5) is 25.4. The lowest BCUT2D eigenvalue weighted by molar-refractivity contribution is -0.156. The standard InChI is InChI=1S/C18H20O4S/c1-4-21-17(19)15(18(20)22-5-2)13-6-8-14(9-7-13)16-12(3)10-11-23-16/h6-11,15H,4-5H2,1-3H3. The SMILES string of the molecule is CCOC(=O)C(C(=O)OCC)c1ccc(-c2sccc2C)cc1. The Bertz CT molecular complexity index is 655. The Morgan fingerprint density at radius 3 is 2.00 bits per heavy atom. The van der Waals surface area contributed by atoms with Crippen molar-refractivity contribution in [3.8, 4) is 10.4 Å². The van der Waals surface area contributed by atoms with Gasteiger partial charge in [-0.3, -0.25) is 9.59 Å². The predicted molar refractivity (Wildman–Crippen MR) is 90.5 cm³/mol. The van der Waals surface area contributed by atoms with E-state index in [1.165, 1.54) is 10.4 Å². The number of rotatable bonds is 6. The van der Waals surface area contributed by atoms with Gasteiger partial charge in [-0.15, -0.1) is 11.3 Å². The molecule has 0 radical (unpaired) electrons. The average Bonchev–Trinajstić information content (AvgIpc) is 2.95. The largest absolute Gasteiger partial charge is 0.465 e. The van der Waals surface area contributed by atoms with Gasteiger partial charge in [0.2, 0.25) is 0 Å². The number of esters is 2. The van der Waals surface area contributed by atoms with Crippen molar-refractivity contribution in [1.29, 1.82) is 0 Å². The summed E-state index contributed by atoms with van der Waals surface area (Å²) in [7, 11) is 0. The van der Waals surface area contributed by atoms with Crippen LogP contribution in [-0.2, 0) is 19.1 Å². The van der Waals surface area contributed by atoms with Crippen molar-refractivity contribution < 1.29 is 19.1 Å². The van der Waals surface area contributed by atoms with E-state index < -0.39 is 17.9 Å². The van der Waals surface area contributed by atoms with Gasteiger partial charge in [-0.2, -0.15) is 0 Å². The minimum absolute atomic E-state index is 0.223. The molecule has 2 rings (SSSR count). The fraction of sp³-hybridized carbons (Fsp3) is 0.333. The van der Waals surface area contributed by atoms with Crippen LogP contribution in [0.15, 0.2) is 35.7 Å². The Balaban J connectivity index is 2.30. The third kappa shape index (κ3) is 3.99. The van der Waals surface area contributed by atoms with Gasteiger partial charge in [-0.05, 0) is 48.9 Å². The summed E-state index contributed by atoms with van der Waals surface area (Å²) in [5.41, 5.74) is 2.85. The second-order valence-corrected chi connectivity index (χ2v) is 5.91. The van der Waals surface area contributed by atoms with Crippen LogP contribution in [0.1, 0.15) is 30.9 Å². The van der Waals surface area contributed by atoms with Crippen LogP contribution in [0, 0.1) is 6.92 Å². The summed E-state index contributed by atoms with van der Waals surface area (Å²) in [6, 6.07) is 9.47. The van der Waals surface area contributed by atoms with E-state index >= 15 is 0 Å². The molecule has 0 unspecified atom stereocenters. The monoisotopic (exact) mass is 332 g/mol. The minimum Gasteiger partial charge on any atom is -0.465 e. The molecule has 23 heavy (non-hydrogen) atoms. The Morgan fingerprint density at radius 2 is 1.57 bits per heavy atom. The first-order chi connectivity index (χ1) is 11.1. The summed E-state index contributed by atoms with van der Waals surface area (Å²) >= 11 is 1.66. The lowest BCUT2D eigenvalue weighted by atomic mass is 9.97. The van der Waals surface area contributed by atoms with Crippen LogP contribution < -0.4 is 0 Å². The normalized spacial score (nSPS) is 10.6. The Kier molecular flexibility index (Phi) is 5.93. The van der Waals surface area contributed by atoms with Gasteiger partial charge in [-0.1, -0.05) is 24.3 Å². The Hall–Kier alpha value is -2.14. The van der Waals surface area contributed by atoms with Crippen LogP contribution in [0.3, 0.4) is 0 Å². The zero-order valence-corrected chi connectivity index (χ0v) is 14.3. The molecule has 0 saturated heterocycles. The highest BCUT2D eigenvalue weighted by Gasteiger charge is 2.31. The second kappa shape index (κ2) is 7.92. The third-order valence-corrected chi connectivity index (χ3v) is 4.48. The maximum atomic E-state index is 12.1. The summed E-state index contributed by atoms with van der Waals surface area (Å²) < 4.78 is 10.0. The molecule has 0 spiro atoms. The highest BCUT2D eigenvalue weighted by Crippen LogP contribution is 2.30. The van der Waals surface area contributed by atoms with Crippen LogP contribution in [0.2, 0.25) is 0 Å². The van der Waals surface area contributed by atoms with E-state index in [1.807, 2.05) is 17.5 Å². The Morgan fingerprint density at radius 1 is 1.00 bits per heavy atom. The molecule has 0 fully saturated rings. The van der Waals surface area contributed by atoms with E-state index in [4.69, 9.17) is 9.47 Å². The van der Waals surface area contributed by atoms with E-state index in [0.717, 1.165) is 5.56 Å². The van der Waals surface area contributed by atoms with Gasteiger partial charge < -0.3 is 9.47 Å². The predicted octanol–water partition coefficient (Wildman–Crippen LogP) is 3.93. The lowest BCUT2D eigenvalue weighted by Gasteiger charge is -2.15. The molecule has 1 heterocycles. The number of carbonyl (C=O) groups excluding carboxylic acids is 2. The van der Waals surface area contributed by atoms with Crippen LogP contribution in [0.25, 0.3) is 10.4 Å². The summed E-state index contributed by atoms with van der Waals surface area (Å²) in [5.74, 6) is -2.19. The van der Waals surface area contributed by atoms with Crippen molar-refractivity contribution in [3.05, 3.63) is 46.8 Å². The van der Waals surface area contributed by atoms with Crippen molar-refractivity contribution in [2.24, 2.45) is 0 Å². The molecule has 0 atom stereocenters. The van der Waals surface area contributed by atoms with Crippen molar-refractivity contribution in [2.45, 2.75) is 26.7 Å². The molecule has 0 aliphatic heterocycles. The molecular formula is C18H20O4S. The first-order valence-electron chi connectivity index (χ1n) is 7.56. The van der Waals surface area contributed by atoms with Crippen LogP contribution in [0.4, 0.5) is 0 Å². The molecule has 0 saturated carbocycles. The Labute approximate surface area is 140 Å². The molecule has 4 nitrogen and oxygen atoms in total. The third-order valence-electron chi connectivity index (χ3n) is 3.41. The molecule has 0 aliphatic carbocycles. The first kappa shape index (κ1) is 17.2. The van der Waals surface area contributed by atoms with E-state index in [2.05, 4.69) is 13.0 Å². The molecule has 1 aromatic heterocycles. The van der Waals surface area contributed by atoms with Crippen molar-refractivity contribution in [3.63, 3.8) is 0 Å². The van der Waals surface area contributed by atoms with Crippen molar-refractivity contribution in [1.82, 2.24) is 0 Å². The fourth-order valence-corrected chi connectivity index (χ4v) is 3.25. The molecule has 2 aromatic rings. The second-order valence-electron chi connectivity index (χ2n) is 4.99. The number of ether oxygens (including phenoxy) is 2. The van der Waals surface area contributed by atoms with Crippen LogP contribution in [0.5, 0.6) is 0 Å². The highest BCUT2D eigenvalue weighted by atomic mass is 32.1. The van der Waals surface area contributed by atoms with Crippen LogP contribution in [-0.4, -0.2) is 25.2 Å². The van der Waals surface area contributed by atoms with E-state index in [-0.39, 0.29) is 13.2 Å². The van der Waals surface area contributed by atoms with Gasteiger partial charge in [0.05, 0.1) is 13.2 Å². The maximum Gasteiger partial charge on any atom is 0.324 e. The lowest BCUT2D eigenvalue weighted by Crippen LogP contribution is -2.26. The molecule has 1 aromatic carbocycles. The molecule has 0 bridgehead atoms. The zero-order chi connectivity index (χ0) is 16.8.